The monoisotopic (exact) mass is 172 g/mol. The van der Waals surface area contributed by atoms with Crippen LogP contribution < -0.4 is 0 Å². The molecule has 1 unspecified atom stereocenters. The third-order valence-electron chi connectivity index (χ3n) is 2.51. The van der Waals surface area contributed by atoms with Crippen molar-refractivity contribution in [3.63, 3.8) is 0 Å². The van der Waals surface area contributed by atoms with Gasteiger partial charge in [0.25, 0.3) is 0 Å². The Hall–Kier alpha value is -1.37. The maximum absolute atomic E-state index is 11.8. The molecular formula is C12H12O. The lowest BCUT2D eigenvalue weighted by Crippen LogP contribution is -2.15. The molecule has 13 heavy (non-hydrogen) atoms. The predicted octanol–water partition coefficient (Wildman–Crippen LogP) is 2.92. The van der Waals surface area contributed by atoms with Crippen molar-refractivity contribution >= 4 is 11.9 Å². The predicted molar refractivity (Wildman–Crippen MR) is 53.6 cm³/mol. The minimum atomic E-state index is 0.0925. The van der Waals surface area contributed by atoms with Crippen LogP contribution in [-0.4, -0.2) is 5.78 Å². The molecule has 1 aliphatic rings. The van der Waals surface area contributed by atoms with Gasteiger partial charge in [-0.2, -0.15) is 0 Å². The molecule has 0 amide bonds. The number of rotatable bonds is 1. The summed E-state index contributed by atoms with van der Waals surface area (Å²) >= 11 is 0. The maximum atomic E-state index is 11.8. The molecule has 0 aromatic heterocycles. The Morgan fingerprint density at radius 3 is 2.85 bits per heavy atom. The lowest BCUT2D eigenvalue weighted by molar-refractivity contribution is 0.0941. The van der Waals surface area contributed by atoms with Gasteiger partial charge in [0.2, 0.25) is 0 Å². The quantitative estimate of drug-likeness (QED) is 0.636. The number of carbonyl (C=O) groups is 1. The third-order valence-corrected chi connectivity index (χ3v) is 2.51. The molecule has 0 saturated heterocycles. The highest BCUT2D eigenvalue weighted by molar-refractivity contribution is 6.04. The topological polar surface area (TPSA) is 17.1 Å². The van der Waals surface area contributed by atoms with Crippen LogP contribution in [0.25, 0.3) is 6.08 Å². The first-order valence-corrected chi connectivity index (χ1v) is 4.64. The summed E-state index contributed by atoms with van der Waals surface area (Å²) in [6, 6.07) is 7.77. The molecule has 1 aliphatic carbocycles. The first-order valence-electron chi connectivity index (χ1n) is 4.64. The third kappa shape index (κ3) is 1.31. The minimum absolute atomic E-state index is 0.0925. The molecule has 66 valence electrons. The van der Waals surface area contributed by atoms with Crippen molar-refractivity contribution in [2.75, 3.05) is 0 Å². The van der Waals surface area contributed by atoms with Crippen LogP contribution in [0.5, 0.6) is 0 Å². The zero-order valence-corrected chi connectivity index (χ0v) is 7.66. The number of hydrogen-bond acceptors (Lipinski definition) is 1. The minimum Gasteiger partial charge on any atom is -0.293 e. The van der Waals surface area contributed by atoms with E-state index in [0.717, 1.165) is 17.5 Å². The molecule has 1 nitrogen and oxygen atoms in total. The summed E-state index contributed by atoms with van der Waals surface area (Å²) in [6.45, 7) is 2.04. The number of carbonyl (C=O) groups excluding carboxylic acids is 1. The van der Waals surface area contributed by atoms with Crippen LogP contribution in [0.3, 0.4) is 0 Å². The summed E-state index contributed by atoms with van der Waals surface area (Å²) in [5.74, 6) is 0.357. The number of allylic oxidation sites excluding steroid dienone is 1. The van der Waals surface area contributed by atoms with Gasteiger partial charge in [0.05, 0.1) is 0 Å². The van der Waals surface area contributed by atoms with E-state index in [4.69, 9.17) is 0 Å². The van der Waals surface area contributed by atoms with Crippen molar-refractivity contribution in [1.82, 2.24) is 0 Å². The fraction of sp³-hybridized carbons (Fsp3) is 0.250. The lowest BCUT2D eigenvalue weighted by atomic mass is 9.87. The molecule has 1 aromatic carbocycles. The van der Waals surface area contributed by atoms with Crippen molar-refractivity contribution in [2.24, 2.45) is 5.92 Å². The van der Waals surface area contributed by atoms with Gasteiger partial charge in [-0.25, -0.2) is 0 Å². The molecule has 1 heteroatoms. The van der Waals surface area contributed by atoms with Crippen LogP contribution in [0.1, 0.15) is 29.3 Å². The molecule has 0 fully saturated rings. The van der Waals surface area contributed by atoms with E-state index in [9.17, 15) is 4.79 Å². The second-order valence-electron chi connectivity index (χ2n) is 3.33. The number of benzene rings is 1. The zero-order chi connectivity index (χ0) is 9.26. The van der Waals surface area contributed by atoms with Gasteiger partial charge >= 0.3 is 0 Å². The molecular weight excluding hydrogens is 160 g/mol. The van der Waals surface area contributed by atoms with Gasteiger partial charge in [0.1, 0.15) is 0 Å². The van der Waals surface area contributed by atoms with Gasteiger partial charge in [-0.15, -0.1) is 0 Å². The molecule has 0 bridgehead atoms. The molecule has 0 radical (unpaired) electrons. The van der Waals surface area contributed by atoms with Crippen molar-refractivity contribution in [3.8, 4) is 0 Å². The van der Waals surface area contributed by atoms with Crippen LogP contribution >= 0.6 is 0 Å². The van der Waals surface area contributed by atoms with Crippen molar-refractivity contribution in [2.45, 2.75) is 13.3 Å². The highest BCUT2D eigenvalue weighted by atomic mass is 16.1. The van der Waals surface area contributed by atoms with Crippen LogP contribution in [0.2, 0.25) is 0 Å². The Morgan fingerprint density at radius 1 is 1.31 bits per heavy atom. The number of Topliss-reactive ketones (excluding diaryl/α,β-unsaturated/α-hetero) is 1. The SMILES string of the molecule is CCC1C=Cc2ccccc2C1=O. The van der Waals surface area contributed by atoms with E-state index in [0.29, 0.717) is 0 Å². The van der Waals surface area contributed by atoms with E-state index in [2.05, 4.69) is 0 Å². The van der Waals surface area contributed by atoms with Crippen LogP contribution in [0.15, 0.2) is 30.3 Å². The highest BCUT2D eigenvalue weighted by Gasteiger charge is 2.20. The lowest BCUT2D eigenvalue weighted by Gasteiger charge is -2.15. The largest absolute Gasteiger partial charge is 0.293 e. The molecule has 2 rings (SSSR count). The molecule has 0 N–H and O–H groups in total. The first kappa shape index (κ1) is 8.24. The Labute approximate surface area is 78.1 Å². The average Bonchev–Trinajstić information content (AvgIpc) is 2.19. The number of ketones is 1. The van der Waals surface area contributed by atoms with Crippen LogP contribution in [0.4, 0.5) is 0 Å². The van der Waals surface area contributed by atoms with Gasteiger partial charge in [-0.3, -0.25) is 4.79 Å². The summed E-state index contributed by atoms with van der Waals surface area (Å²) in [5.41, 5.74) is 1.93. The number of hydrogen-bond donors (Lipinski definition) is 0. The smallest absolute Gasteiger partial charge is 0.170 e. The van der Waals surface area contributed by atoms with E-state index in [1.807, 2.05) is 43.3 Å². The molecule has 0 aliphatic heterocycles. The molecule has 1 aromatic rings. The van der Waals surface area contributed by atoms with Gasteiger partial charge < -0.3 is 0 Å². The van der Waals surface area contributed by atoms with Gasteiger partial charge in [0.15, 0.2) is 5.78 Å². The molecule has 0 saturated carbocycles. The van der Waals surface area contributed by atoms with Gasteiger partial charge in [-0.05, 0) is 12.0 Å². The van der Waals surface area contributed by atoms with E-state index in [-0.39, 0.29) is 11.7 Å². The van der Waals surface area contributed by atoms with E-state index >= 15 is 0 Å². The Balaban J connectivity index is 2.48. The van der Waals surface area contributed by atoms with Gasteiger partial charge in [-0.1, -0.05) is 43.3 Å². The molecule has 0 heterocycles. The van der Waals surface area contributed by atoms with Crippen molar-refractivity contribution < 1.29 is 4.79 Å². The van der Waals surface area contributed by atoms with E-state index in [1.54, 1.807) is 0 Å². The molecule has 1 atom stereocenters. The summed E-state index contributed by atoms with van der Waals surface area (Å²) in [6.07, 6.45) is 4.94. The average molecular weight is 172 g/mol. The Bertz CT molecular complexity index is 363. The van der Waals surface area contributed by atoms with Crippen molar-refractivity contribution in [1.29, 1.82) is 0 Å². The van der Waals surface area contributed by atoms with Crippen LogP contribution in [-0.2, 0) is 0 Å². The second kappa shape index (κ2) is 3.17. The summed E-state index contributed by atoms with van der Waals surface area (Å²) in [7, 11) is 0. The van der Waals surface area contributed by atoms with Crippen LogP contribution in [0, 0.1) is 5.92 Å². The molecule has 0 spiro atoms. The fourth-order valence-electron chi connectivity index (χ4n) is 1.70. The summed E-state index contributed by atoms with van der Waals surface area (Å²) in [5, 5.41) is 0. The van der Waals surface area contributed by atoms with E-state index in [1.165, 1.54) is 0 Å². The van der Waals surface area contributed by atoms with Crippen molar-refractivity contribution in [3.05, 3.63) is 41.5 Å². The fourth-order valence-corrected chi connectivity index (χ4v) is 1.70. The number of fused-ring (bicyclic) bond motifs is 1. The standard InChI is InChI=1S/C12H12O/c1-2-9-7-8-10-5-3-4-6-11(10)12(9)13/h3-9H,2H2,1H3. The maximum Gasteiger partial charge on any atom is 0.170 e. The zero-order valence-electron chi connectivity index (χ0n) is 7.66. The van der Waals surface area contributed by atoms with Gasteiger partial charge in [0, 0.05) is 11.5 Å². The Morgan fingerprint density at radius 2 is 2.08 bits per heavy atom. The normalized spacial score (nSPS) is 20.1. The first-order chi connectivity index (χ1) is 6.33. The second-order valence-corrected chi connectivity index (χ2v) is 3.33. The highest BCUT2D eigenvalue weighted by Crippen LogP contribution is 2.24. The van der Waals surface area contributed by atoms with E-state index < -0.39 is 0 Å². The summed E-state index contributed by atoms with van der Waals surface area (Å²) in [4.78, 5) is 11.8. The summed E-state index contributed by atoms with van der Waals surface area (Å²) < 4.78 is 0. The Kier molecular flexibility index (Phi) is 2.01.